The number of hydrogen-bond acceptors (Lipinski definition) is 6. The first-order valence-electron chi connectivity index (χ1n) is 10.4. The summed E-state index contributed by atoms with van der Waals surface area (Å²) in [6, 6.07) is 7.68. The smallest absolute Gasteiger partial charge is 0.489 e. The SMILES string of the molecule is CCCc1ccc(OCC(C)(C#N)NC(=O)c2ccc(OC(F)(F)F)cc2)c(C(F)(F)F)c1B(O)O. The molecule has 0 aliphatic carbocycles. The Labute approximate surface area is 202 Å². The summed E-state index contributed by atoms with van der Waals surface area (Å²) in [6.45, 7) is 2.08. The second kappa shape index (κ2) is 11.1. The zero-order valence-electron chi connectivity index (χ0n) is 19.0. The van der Waals surface area contributed by atoms with E-state index in [2.05, 4.69) is 10.1 Å². The first-order valence-corrected chi connectivity index (χ1v) is 10.4. The lowest BCUT2D eigenvalue weighted by Crippen LogP contribution is -2.49. The summed E-state index contributed by atoms with van der Waals surface area (Å²) in [6.07, 6.45) is -9.41. The molecule has 0 aliphatic heterocycles. The molecular weight excluding hydrogens is 497 g/mol. The lowest BCUT2D eigenvalue weighted by atomic mass is 9.72. The van der Waals surface area contributed by atoms with E-state index in [0.717, 1.165) is 37.3 Å². The predicted molar refractivity (Wildman–Crippen MR) is 115 cm³/mol. The minimum atomic E-state index is -5.04. The highest BCUT2D eigenvalue weighted by atomic mass is 19.4. The maximum Gasteiger partial charge on any atom is 0.573 e. The second-order valence-electron chi connectivity index (χ2n) is 7.89. The van der Waals surface area contributed by atoms with Crippen LogP contribution >= 0.6 is 0 Å². The molecule has 14 heteroatoms. The molecule has 0 radical (unpaired) electrons. The fraction of sp³-hybridized carbons (Fsp3) is 0.364. The van der Waals surface area contributed by atoms with Crippen molar-refractivity contribution in [1.29, 1.82) is 5.26 Å². The minimum Gasteiger partial charge on any atom is -0.489 e. The molecule has 1 amide bonds. The van der Waals surface area contributed by atoms with E-state index in [1.54, 1.807) is 13.0 Å². The topological polar surface area (TPSA) is 112 Å². The van der Waals surface area contributed by atoms with Crippen molar-refractivity contribution in [2.45, 2.75) is 44.8 Å². The first kappa shape index (κ1) is 28.8. The van der Waals surface area contributed by atoms with Gasteiger partial charge < -0.3 is 24.8 Å². The van der Waals surface area contributed by atoms with Gasteiger partial charge >= 0.3 is 19.7 Å². The van der Waals surface area contributed by atoms with Crippen molar-refractivity contribution < 1.29 is 50.7 Å². The monoisotopic (exact) mass is 518 g/mol. The van der Waals surface area contributed by atoms with Gasteiger partial charge in [0.1, 0.15) is 18.1 Å². The molecular formula is C22H21BF6N2O5. The summed E-state index contributed by atoms with van der Waals surface area (Å²) in [5.74, 6) is -2.28. The summed E-state index contributed by atoms with van der Waals surface area (Å²) in [5.41, 5.74) is -4.17. The van der Waals surface area contributed by atoms with Crippen LogP contribution in [0.5, 0.6) is 11.5 Å². The standard InChI is InChI=1S/C22H21BF6N2O5/c1-3-4-13-7-10-16(17(21(24,25)26)18(13)23(33)34)35-12-20(2,11-30)31-19(32)14-5-8-15(9-6-14)36-22(27,28)29/h5-10,33-34H,3-4,12H2,1-2H3,(H,31,32). The van der Waals surface area contributed by atoms with Crippen LogP contribution in [0.4, 0.5) is 26.3 Å². The van der Waals surface area contributed by atoms with Crippen LogP contribution in [0.1, 0.15) is 41.8 Å². The maximum atomic E-state index is 13.8. The summed E-state index contributed by atoms with van der Waals surface area (Å²) in [5, 5.41) is 31.0. The average Bonchev–Trinajstić information content (AvgIpc) is 2.76. The Hall–Kier alpha value is -3.44. The number of nitrogens with zero attached hydrogens (tertiary/aromatic N) is 1. The quantitative estimate of drug-likeness (QED) is 0.347. The maximum absolute atomic E-state index is 13.8. The molecule has 0 aromatic heterocycles. The zero-order valence-corrected chi connectivity index (χ0v) is 19.0. The third-order valence-electron chi connectivity index (χ3n) is 4.86. The van der Waals surface area contributed by atoms with Crippen LogP contribution in [0.2, 0.25) is 0 Å². The number of rotatable bonds is 9. The van der Waals surface area contributed by atoms with Crippen LogP contribution in [0.3, 0.4) is 0 Å². The van der Waals surface area contributed by atoms with Gasteiger partial charge in [0.15, 0.2) is 5.54 Å². The molecule has 2 aromatic carbocycles. The fourth-order valence-corrected chi connectivity index (χ4v) is 3.29. The van der Waals surface area contributed by atoms with E-state index in [-0.39, 0.29) is 17.5 Å². The van der Waals surface area contributed by atoms with Crippen LogP contribution in [0, 0.1) is 11.3 Å². The highest BCUT2D eigenvalue weighted by Crippen LogP contribution is 2.36. The Kier molecular flexibility index (Phi) is 8.87. The molecule has 0 bridgehead atoms. The van der Waals surface area contributed by atoms with E-state index >= 15 is 0 Å². The number of alkyl halides is 6. The largest absolute Gasteiger partial charge is 0.573 e. The van der Waals surface area contributed by atoms with E-state index < -0.39 is 60.2 Å². The Morgan fingerprint density at radius 3 is 2.17 bits per heavy atom. The van der Waals surface area contributed by atoms with Gasteiger partial charge in [0, 0.05) is 11.0 Å². The lowest BCUT2D eigenvalue weighted by Gasteiger charge is -2.26. The zero-order chi connectivity index (χ0) is 27.3. The molecule has 2 rings (SSSR count). The number of nitrogens with one attached hydrogen (secondary N) is 1. The summed E-state index contributed by atoms with van der Waals surface area (Å²) in [7, 11) is -2.45. The Morgan fingerprint density at radius 1 is 1.08 bits per heavy atom. The predicted octanol–water partition coefficient (Wildman–Crippen LogP) is 3.33. The van der Waals surface area contributed by atoms with Crippen molar-refractivity contribution in [3.63, 3.8) is 0 Å². The van der Waals surface area contributed by atoms with Gasteiger partial charge in [-0.2, -0.15) is 18.4 Å². The molecule has 194 valence electrons. The number of aryl methyl sites for hydroxylation is 1. The normalized spacial score (nSPS) is 13.4. The number of carbonyl (C=O) groups excluding carboxylic acids is 1. The molecule has 0 saturated carbocycles. The summed E-state index contributed by atoms with van der Waals surface area (Å²) in [4.78, 5) is 12.5. The van der Waals surface area contributed by atoms with Gasteiger partial charge in [0.05, 0.1) is 11.6 Å². The fourth-order valence-electron chi connectivity index (χ4n) is 3.29. The van der Waals surface area contributed by atoms with Crippen molar-refractivity contribution in [3.05, 3.63) is 53.1 Å². The third-order valence-corrected chi connectivity index (χ3v) is 4.86. The highest BCUT2D eigenvalue weighted by Gasteiger charge is 2.41. The van der Waals surface area contributed by atoms with Gasteiger partial charge in [0.2, 0.25) is 0 Å². The van der Waals surface area contributed by atoms with Gasteiger partial charge in [0.25, 0.3) is 5.91 Å². The minimum absolute atomic E-state index is 0.0569. The summed E-state index contributed by atoms with van der Waals surface area (Å²) >= 11 is 0. The van der Waals surface area contributed by atoms with Gasteiger partial charge in [-0.1, -0.05) is 19.4 Å². The van der Waals surface area contributed by atoms with Crippen molar-refractivity contribution in [1.82, 2.24) is 5.32 Å². The Morgan fingerprint density at radius 2 is 1.69 bits per heavy atom. The Bertz CT molecular complexity index is 1120. The molecule has 0 fully saturated rings. The second-order valence-corrected chi connectivity index (χ2v) is 7.89. The molecule has 0 heterocycles. The molecule has 36 heavy (non-hydrogen) atoms. The van der Waals surface area contributed by atoms with Crippen LogP contribution in [-0.4, -0.2) is 41.6 Å². The molecule has 1 unspecified atom stereocenters. The van der Waals surface area contributed by atoms with Crippen LogP contribution in [0.25, 0.3) is 0 Å². The number of halogens is 6. The van der Waals surface area contributed by atoms with Gasteiger partial charge in [-0.15, -0.1) is 13.2 Å². The first-order chi connectivity index (χ1) is 16.6. The Balaban J connectivity index is 2.27. The number of carbonyl (C=O) groups is 1. The van der Waals surface area contributed by atoms with Crippen LogP contribution in [0.15, 0.2) is 36.4 Å². The van der Waals surface area contributed by atoms with Gasteiger partial charge in [-0.05, 0) is 49.2 Å². The molecule has 1 atom stereocenters. The molecule has 2 aromatic rings. The number of ether oxygens (including phenoxy) is 2. The number of hydrogen-bond donors (Lipinski definition) is 3. The van der Waals surface area contributed by atoms with E-state index in [4.69, 9.17) is 4.74 Å². The van der Waals surface area contributed by atoms with E-state index in [0.29, 0.717) is 6.42 Å². The van der Waals surface area contributed by atoms with E-state index in [1.165, 1.54) is 6.07 Å². The molecule has 0 spiro atoms. The molecule has 0 saturated heterocycles. The number of nitriles is 1. The highest BCUT2D eigenvalue weighted by molar-refractivity contribution is 6.60. The van der Waals surface area contributed by atoms with E-state index in [1.807, 2.05) is 0 Å². The molecule has 0 aliphatic rings. The van der Waals surface area contributed by atoms with Crippen LogP contribution in [-0.2, 0) is 12.6 Å². The van der Waals surface area contributed by atoms with E-state index in [9.17, 15) is 46.4 Å². The number of benzene rings is 2. The summed E-state index contributed by atoms with van der Waals surface area (Å²) < 4.78 is 87.3. The van der Waals surface area contributed by atoms with Crippen molar-refractivity contribution in [2.24, 2.45) is 0 Å². The van der Waals surface area contributed by atoms with Crippen molar-refractivity contribution in [2.75, 3.05) is 6.61 Å². The van der Waals surface area contributed by atoms with Crippen molar-refractivity contribution >= 4 is 18.5 Å². The van der Waals surface area contributed by atoms with Gasteiger partial charge in [-0.3, -0.25) is 4.79 Å². The number of amides is 1. The molecule has 7 nitrogen and oxygen atoms in total. The molecule has 3 N–H and O–H groups in total. The third kappa shape index (κ3) is 7.53. The average molecular weight is 518 g/mol. The van der Waals surface area contributed by atoms with Crippen molar-refractivity contribution in [3.8, 4) is 17.6 Å². The lowest BCUT2D eigenvalue weighted by molar-refractivity contribution is -0.274. The van der Waals surface area contributed by atoms with Gasteiger partial charge in [-0.25, -0.2) is 0 Å². The van der Waals surface area contributed by atoms with Crippen LogP contribution < -0.4 is 20.3 Å².